The maximum absolute atomic E-state index is 14.2. The molecule has 5 aromatic rings. The van der Waals surface area contributed by atoms with Gasteiger partial charge in [-0.2, -0.15) is 9.97 Å². The first-order valence-electron chi connectivity index (χ1n) is 15.5. The van der Waals surface area contributed by atoms with E-state index in [0.29, 0.717) is 54.8 Å². The van der Waals surface area contributed by atoms with Crippen LogP contribution in [0.15, 0.2) is 77.9 Å². The van der Waals surface area contributed by atoms with Crippen molar-refractivity contribution in [2.75, 3.05) is 51.3 Å². The average molecular weight is 640 g/mol. The third-order valence-corrected chi connectivity index (χ3v) is 9.09. The number of benzene rings is 3. The lowest BCUT2D eigenvalue weighted by atomic mass is 10.1. The second kappa shape index (κ2) is 12.9. The predicted octanol–water partition coefficient (Wildman–Crippen LogP) is 4.91. The van der Waals surface area contributed by atoms with Crippen LogP contribution in [0.2, 0.25) is 5.02 Å². The largest absolute Gasteiger partial charge is 0.462 e. The van der Waals surface area contributed by atoms with Crippen LogP contribution in [0.1, 0.15) is 18.4 Å². The molecule has 0 saturated carbocycles. The average Bonchev–Trinajstić information content (AvgIpc) is 3.51. The molecule has 4 heterocycles. The zero-order valence-electron chi connectivity index (χ0n) is 25.5. The van der Waals surface area contributed by atoms with Crippen LogP contribution in [0.3, 0.4) is 0 Å². The van der Waals surface area contributed by atoms with E-state index in [1.165, 1.54) is 10.9 Å². The number of amides is 1. The van der Waals surface area contributed by atoms with Gasteiger partial charge in [0.25, 0.3) is 5.56 Å². The molecule has 236 valence electrons. The van der Waals surface area contributed by atoms with Crippen LogP contribution in [0.5, 0.6) is 6.01 Å². The summed E-state index contributed by atoms with van der Waals surface area (Å²) < 4.78 is 13.2. The Labute approximate surface area is 270 Å². The molecule has 46 heavy (non-hydrogen) atoms. The lowest BCUT2D eigenvalue weighted by Crippen LogP contribution is -2.49. The molecule has 3 aromatic carbocycles. The number of nitrogens with zero attached hydrogens (tertiary/aromatic N) is 7. The summed E-state index contributed by atoms with van der Waals surface area (Å²) in [5, 5.41) is 2.19. The Hall–Kier alpha value is -4.74. The van der Waals surface area contributed by atoms with Gasteiger partial charge >= 0.3 is 12.1 Å². The molecule has 0 radical (unpaired) electrons. The fourth-order valence-corrected chi connectivity index (χ4v) is 6.46. The van der Waals surface area contributed by atoms with Crippen molar-refractivity contribution in [3.8, 4) is 11.7 Å². The van der Waals surface area contributed by atoms with E-state index in [1.807, 2.05) is 65.6 Å². The van der Waals surface area contributed by atoms with Crippen molar-refractivity contribution in [1.29, 1.82) is 0 Å². The number of likely N-dealkylation sites (tertiary alicyclic amines) is 1. The van der Waals surface area contributed by atoms with Crippen LogP contribution in [-0.2, 0) is 11.3 Å². The van der Waals surface area contributed by atoms with E-state index >= 15 is 0 Å². The van der Waals surface area contributed by atoms with Gasteiger partial charge in [0.05, 0.1) is 10.7 Å². The van der Waals surface area contributed by atoms with Crippen molar-refractivity contribution in [3.63, 3.8) is 0 Å². The summed E-state index contributed by atoms with van der Waals surface area (Å²) in [7, 11) is 2.08. The zero-order valence-corrected chi connectivity index (χ0v) is 26.3. The van der Waals surface area contributed by atoms with Crippen LogP contribution in [-0.4, -0.2) is 87.8 Å². The molecule has 0 aliphatic carbocycles. The van der Waals surface area contributed by atoms with Gasteiger partial charge in [-0.15, -0.1) is 0 Å². The number of rotatable bonds is 7. The van der Waals surface area contributed by atoms with Gasteiger partial charge in [-0.3, -0.25) is 9.36 Å². The Morgan fingerprint density at radius 1 is 0.935 bits per heavy atom. The highest BCUT2D eigenvalue weighted by molar-refractivity contribution is 6.36. The zero-order chi connectivity index (χ0) is 31.6. The summed E-state index contributed by atoms with van der Waals surface area (Å²) >= 11 is 6.61. The van der Waals surface area contributed by atoms with E-state index in [9.17, 15) is 9.59 Å². The number of carbonyl (C=O) groups is 1. The van der Waals surface area contributed by atoms with Crippen LogP contribution in [0, 0.1) is 0 Å². The van der Waals surface area contributed by atoms with Gasteiger partial charge < -0.3 is 24.2 Å². The molecule has 1 unspecified atom stereocenters. The number of hydrogen-bond acceptors (Lipinski definition) is 9. The highest BCUT2D eigenvalue weighted by atomic mass is 35.5. The molecule has 12 heteroatoms. The van der Waals surface area contributed by atoms with Gasteiger partial charge in [0.1, 0.15) is 25.1 Å². The number of halogens is 1. The van der Waals surface area contributed by atoms with E-state index in [-0.39, 0.29) is 35.8 Å². The first-order valence-corrected chi connectivity index (χ1v) is 15.8. The number of piperazine rings is 1. The van der Waals surface area contributed by atoms with Crippen LogP contribution in [0.4, 0.5) is 10.6 Å². The molecule has 2 aromatic heterocycles. The molecule has 0 bridgehead atoms. The molecular weight excluding hydrogens is 606 g/mol. The first-order chi connectivity index (χ1) is 22.5. The standard InChI is InChI=1S/C34H34ClN7O4/c1-39-15-7-12-25(39)21-45-33-37-30-29(36-22-42(32(30)43)27-14-6-11-24-10-5-13-26(35)28(24)27)31(38-33)40-16-18-41(19-17-40)34(44)46-20-23-8-3-2-4-9-23/h2-6,8-11,13-14,22,25H,7,12,15-21H2,1H3. The fraction of sp³-hybridized carbons (Fsp3) is 0.324. The summed E-state index contributed by atoms with van der Waals surface area (Å²) in [5.74, 6) is 0.497. The third kappa shape index (κ3) is 5.95. The van der Waals surface area contributed by atoms with Crippen LogP contribution < -0.4 is 15.2 Å². The minimum absolute atomic E-state index is 0.125. The van der Waals surface area contributed by atoms with E-state index in [2.05, 4.69) is 16.9 Å². The van der Waals surface area contributed by atoms with E-state index in [0.717, 1.165) is 35.7 Å². The minimum Gasteiger partial charge on any atom is -0.462 e. The first kappa shape index (κ1) is 29.9. The van der Waals surface area contributed by atoms with Gasteiger partial charge in [0.2, 0.25) is 0 Å². The SMILES string of the molecule is CN1CCCC1COc1nc(N2CCN(C(=O)OCc3ccccc3)CC2)c2ncn(-c3cccc4cccc(Cl)c34)c(=O)c2n1. The summed E-state index contributed by atoms with van der Waals surface area (Å²) in [4.78, 5) is 47.0. The third-order valence-electron chi connectivity index (χ3n) is 8.78. The number of anilines is 1. The Bertz CT molecular complexity index is 1940. The van der Waals surface area contributed by atoms with E-state index in [1.54, 1.807) is 11.0 Å². The van der Waals surface area contributed by atoms with Crippen molar-refractivity contribution < 1.29 is 14.3 Å². The molecule has 2 saturated heterocycles. The Kier molecular flexibility index (Phi) is 8.42. The lowest BCUT2D eigenvalue weighted by Gasteiger charge is -2.35. The molecule has 2 aliphatic heterocycles. The quantitative estimate of drug-likeness (QED) is 0.245. The summed E-state index contributed by atoms with van der Waals surface area (Å²) in [6.45, 7) is 3.43. The highest BCUT2D eigenvalue weighted by Gasteiger charge is 2.28. The normalized spacial score (nSPS) is 17.1. The molecule has 7 rings (SSSR count). The Balaban J connectivity index is 1.20. The van der Waals surface area contributed by atoms with Gasteiger partial charge in [0.15, 0.2) is 11.3 Å². The summed E-state index contributed by atoms with van der Waals surface area (Å²) in [6.07, 6.45) is 3.26. The maximum Gasteiger partial charge on any atom is 0.410 e. The molecule has 1 atom stereocenters. The summed E-state index contributed by atoms with van der Waals surface area (Å²) in [5.41, 5.74) is 1.71. The minimum atomic E-state index is -0.365. The monoisotopic (exact) mass is 639 g/mol. The second-order valence-electron chi connectivity index (χ2n) is 11.7. The summed E-state index contributed by atoms with van der Waals surface area (Å²) in [6, 6.07) is 21.3. The maximum atomic E-state index is 14.2. The number of fused-ring (bicyclic) bond motifs is 2. The Morgan fingerprint density at radius 3 is 2.48 bits per heavy atom. The number of aromatic nitrogens is 4. The number of likely N-dealkylation sites (N-methyl/N-ethyl adjacent to an activating group) is 1. The number of carbonyl (C=O) groups excluding carboxylic acids is 1. The molecule has 0 spiro atoms. The molecular formula is C34H34ClN7O4. The van der Waals surface area contributed by atoms with Gasteiger partial charge in [-0.1, -0.05) is 66.2 Å². The lowest BCUT2D eigenvalue weighted by molar-refractivity contribution is 0.0941. The Morgan fingerprint density at radius 2 is 1.72 bits per heavy atom. The predicted molar refractivity (Wildman–Crippen MR) is 177 cm³/mol. The molecule has 2 fully saturated rings. The van der Waals surface area contributed by atoms with Crippen molar-refractivity contribution in [3.05, 3.63) is 94.0 Å². The van der Waals surface area contributed by atoms with Crippen molar-refractivity contribution in [1.82, 2.24) is 29.3 Å². The van der Waals surface area contributed by atoms with Gasteiger partial charge in [0, 0.05) is 37.6 Å². The topological polar surface area (TPSA) is 106 Å². The molecule has 1 amide bonds. The van der Waals surface area contributed by atoms with Gasteiger partial charge in [-0.05, 0) is 49.5 Å². The molecule has 11 nitrogen and oxygen atoms in total. The number of hydrogen-bond donors (Lipinski definition) is 0. The molecule has 0 N–H and O–H groups in total. The van der Waals surface area contributed by atoms with Gasteiger partial charge in [-0.25, -0.2) is 9.78 Å². The van der Waals surface area contributed by atoms with E-state index in [4.69, 9.17) is 31.0 Å². The van der Waals surface area contributed by atoms with Crippen molar-refractivity contribution in [2.24, 2.45) is 0 Å². The number of ether oxygens (including phenoxy) is 2. The highest BCUT2D eigenvalue weighted by Crippen LogP contribution is 2.30. The van der Waals surface area contributed by atoms with Crippen molar-refractivity contribution in [2.45, 2.75) is 25.5 Å². The molecule has 2 aliphatic rings. The second-order valence-corrected chi connectivity index (χ2v) is 12.1. The van der Waals surface area contributed by atoms with Crippen LogP contribution >= 0.6 is 11.6 Å². The van der Waals surface area contributed by atoms with Crippen molar-refractivity contribution >= 4 is 45.3 Å². The van der Waals surface area contributed by atoms with E-state index < -0.39 is 0 Å². The fourth-order valence-electron chi connectivity index (χ4n) is 6.18. The smallest absolute Gasteiger partial charge is 0.410 e. The van der Waals surface area contributed by atoms with Crippen LogP contribution in [0.25, 0.3) is 27.5 Å².